The van der Waals surface area contributed by atoms with Crippen molar-refractivity contribution in [1.82, 2.24) is 0 Å². The molecular formula is C10H6F2. The van der Waals surface area contributed by atoms with Crippen molar-refractivity contribution in [2.45, 2.75) is 0 Å². The topological polar surface area (TPSA) is 0 Å². The molecule has 0 radical (unpaired) electrons. The van der Waals surface area contributed by atoms with Crippen LogP contribution in [0, 0.1) is 11.6 Å². The Morgan fingerprint density at radius 3 is 2.75 bits per heavy atom. The van der Waals surface area contributed by atoms with Gasteiger partial charge in [-0.3, -0.25) is 0 Å². The molecule has 0 nitrogen and oxygen atoms in total. The van der Waals surface area contributed by atoms with E-state index in [2.05, 4.69) is 0 Å². The van der Waals surface area contributed by atoms with Crippen molar-refractivity contribution in [3.63, 3.8) is 0 Å². The summed E-state index contributed by atoms with van der Waals surface area (Å²) < 4.78 is 33.1. The highest BCUT2D eigenvalue weighted by Gasteiger charge is 2.04. The van der Waals surface area contributed by atoms with Gasteiger partial charge in [0, 0.05) is 5.39 Å². The SMILES string of the molecule is [2H]c1ccc2c(F)c(F)ccc2c1. The minimum Gasteiger partial charge on any atom is -0.204 e. The minimum absolute atomic E-state index is 0.219. The highest BCUT2D eigenvalue weighted by Crippen LogP contribution is 2.19. The molecule has 0 aliphatic rings. The van der Waals surface area contributed by atoms with Gasteiger partial charge in [0.2, 0.25) is 0 Å². The Labute approximate surface area is 69.8 Å². The first-order chi connectivity index (χ1) is 6.18. The molecule has 0 saturated carbocycles. The molecule has 0 amide bonds. The van der Waals surface area contributed by atoms with Gasteiger partial charge < -0.3 is 0 Å². The van der Waals surface area contributed by atoms with Crippen LogP contribution in [0.3, 0.4) is 0 Å². The second kappa shape index (κ2) is 2.55. The van der Waals surface area contributed by atoms with E-state index in [1.807, 2.05) is 0 Å². The molecule has 0 atom stereocenters. The summed E-state index contributed by atoms with van der Waals surface area (Å²) in [5, 5.41) is 0.766. The van der Waals surface area contributed by atoms with E-state index in [0.29, 0.717) is 11.4 Å². The van der Waals surface area contributed by atoms with Crippen molar-refractivity contribution in [1.29, 1.82) is 0 Å². The molecule has 60 valence electrons. The Morgan fingerprint density at radius 2 is 1.92 bits per heavy atom. The van der Waals surface area contributed by atoms with Gasteiger partial charge in [-0.1, -0.05) is 30.3 Å². The van der Waals surface area contributed by atoms with Crippen LogP contribution in [-0.2, 0) is 0 Å². The first-order valence-corrected chi connectivity index (χ1v) is 3.53. The molecule has 0 unspecified atom stereocenters. The highest BCUT2D eigenvalue weighted by molar-refractivity contribution is 5.82. The Bertz CT molecular complexity index is 466. The molecule has 12 heavy (non-hydrogen) atoms. The lowest BCUT2D eigenvalue weighted by Gasteiger charge is -1.98. The molecule has 0 N–H and O–H groups in total. The van der Waals surface area contributed by atoms with Gasteiger partial charge in [-0.25, -0.2) is 8.78 Å². The number of hydrogen-bond donors (Lipinski definition) is 0. The van der Waals surface area contributed by atoms with E-state index in [0.717, 1.165) is 6.07 Å². The Balaban J connectivity index is 2.87. The average molecular weight is 165 g/mol. The molecule has 2 heteroatoms. The third-order valence-corrected chi connectivity index (χ3v) is 1.75. The summed E-state index contributed by atoms with van der Waals surface area (Å²) in [5.41, 5.74) is 0. The van der Waals surface area contributed by atoms with Gasteiger partial charge in [0.1, 0.15) is 0 Å². The van der Waals surface area contributed by atoms with Crippen molar-refractivity contribution in [2.75, 3.05) is 0 Å². The zero-order chi connectivity index (χ0) is 9.42. The molecule has 0 bridgehead atoms. The largest absolute Gasteiger partial charge is 0.204 e. The van der Waals surface area contributed by atoms with E-state index < -0.39 is 11.6 Å². The van der Waals surface area contributed by atoms with Gasteiger partial charge >= 0.3 is 0 Å². The fourth-order valence-electron chi connectivity index (χ4n) is 1.15. The van der Waals surface area contributed by atoms with Gasteiger partial charge in [-0.15, -0.1) is 0 Å². The summed E-state index contributed by atoms with van der Waals surface area (Å²) in [6.07, 6.45) is 0. The lowest BCUT2D eigenvalue weighted by Crippen LogP contribution is -1.84. The van der Waals surface area contributed by atoms with Crippen molar-refractivity contribution in [2.24, 2.45) is 0 Å². The van der Waals surface area contributed by atoms with Gasteiger partial charge in [0.25, 0.3) is 0 Å². The van der Waals surface area contributed by atoms with Gasteiger partial charge in [-0.05, 0) is 11.5 Å². The predicted octanol–water partition coefficient (Wildman–Crippen LogP) is 3.12. The minimum atomic E-state index is -0.856. The molecule has 0 aromatic heterocycles. The zero-order valence-electron chi connectivity index (χ0n) is 7.14. The monoisotopic (exact) mass is 165 g/mol. The van der Waals surface area contributed by atoms with E-state index >= 15 is 0 Å². The molecule has 0 saturated heterocycles. The average Bonchev–Trinajstić information content (AvgIpc) is 2.12. The number of benzene rings is 2. The lowest BCUT2D eigenvalue weighted by molar-refractivity contribution is 0.517. The first-order valence-electron chi connectivity index (χ1n) is 4.03. The number of rotatable bonds is 0. The summed E-state index contributed by atoms with van der Waals surface area (Å²) in [6, 6.07) is 7.17. The van der Waals surface area contributed by atoms with Crippen LogP contribution in [0.5, 0.6) is 0 Å². The molecule has 2 rings (SSSR count). The Hall–Kier alpha value is -1.44. The van der Waals surface area contributed by atoms with Crippen LogP contribution in [0.15, 0.2) is 36.4 Å². The summed E-state index contributed by atoms with van der Waals surface area (Å²) in [6.45, 7) is 0. The van der Waals surface area contributed by atoms with Crippen LogP contribution in [0.25, 0.3) is 10.8 Å². The smallest absolute Gasteiger partial charge is 0.166 e. The molecule has 2 aromatic carbocycles. The third kappa shape index (κ3) is 0.961. The van der Waals surface area contributed by atoms with E-state index in [1.165, 1.54) is 24.3 Å². The van der Waals surface area contributed by atoms with E-state index in [4.69, 9.17) is 1.37 Å². The fourth-order valence-corrected chi connectivity index (χ4v) is 1.15. The fraction of sp³-hybridized carbons (Fsp3) is 0. The molecule has 0 spiro atoms. The second-order valence-corrected chi connectivity index (χ2v) is 2.51. The summed E-state index contributed by atoms with van der Waals surface area (Å²) in [4.78, 5) is 0. The van der Waals surface area contributed by atoms with Crippen molar-refractivity contribution < 1.29 is 10.2 Å². The molecule has 2 aromatic rings. The molecular weight excluding hydrogens is 158 g/mol. The van der Waals surface area contributed by atoms with Crippen LogP contribution in [0.4, 0.5) is 8.78 Å². The summed E-state index contributed by atoms with van der Waals surface area (Å²) in [5.74, 6) is -1.71. The van der Waals surface area contributed by atoms with Crippen LogP contribution < -0.4 is 0 Å². The van der Waals surface area contributed by atoms with Gasteiger partial charge in [0.05, 0.1) is 1.37 Å². The van der Waals surface area contributed by atoms with E-state index in [-0.39, 0.29) is 5.39 Å². The van der Waals surface area contributed by atoms with E-state index in [9.17, 15) is 8.78 Å². The third-order valence-electron chi connectivity index (χ3n) is 1.75. The van der Waals surface area contributed by atoms with Crippen LogP contribution in [0.1, 0.15) is 1.37 Å². The van der Waals surface area contributed by atoms with Gasteiger partial charge in [0.15, 0.2) is 11.6 Å². The maximum Gasteiger partial charge on any atom is 0.166 e. The molecule has 0 aliphatic carbocycles. The number of halogens is 2. The van der Waals surface area contributed by atoms with Crippen molar-refractivity contribution >= 4 is 10.8 Å². The summed E-state index contributed by atoms with van der Waals surface area (Å²) >= 11 is 0. The Morgan fingerprint density at radius 1 is 1.08 bits per heavy atom. The maximum atomic E-state index is 13.1. The number of fused-ring (bicyclic) bond motifs is 1. The standard InChI is InChI=1S/C10H6F2/c11-9-6-5-7-3-1-2-4-8(7)10(9)12/h1-6H/i1D. The predicted molar refractivity (Wildman–Crippen MR) is 43.9 cm³/mol. The van der Waals surface area contributed by atoms with Crippen molar-refractivity contribution in [3.05, 3.63) is 48.0 Å². The summed E-state index contributed by atoms with van der Waals surface area (Å²) in [7, 11) is 0. The Kier molecular flexibility index (Phi) is 1.30. The maximum absolute atomic E-state index is 13.1. The molecule has 0 fully saturated rings. The van der Waals surface area contributed by atoms with Gasteiger partial charge in [-0.2, -0.15) is 0 Å². The zero-order valence-corrected chi connectivity index (χ0v) is 6.14. The van der Waals surface area contributed by atoms with E-state index in [1.54, 1.807) is 0 Å². The van der Waals surface area contributed by atoms with Crippen LogP contribution >= 0.6 is 0 Å². The normalized spacial score (nSPS) is 11.7. The van der Waals surface area contributed by atoms with Crippen LogP contribution in [0.2, 0.25) is 0 Å². The van der Waals surface area contributed by atoms with Crippen LogP contribution in [-0.4, -0.2) is 0 Å². The molecule has 0 heterocycles. The van der Waals surface area contributed by atoms with Crippen molar-refractivity contribution in [3.8, 4) is 0 Å². The first kappa shape index (κ1) is 6.12. The molecule has 0 aliphatic heterocycles. The highest BCUT2D eigenvalue weighted by atomic mass is 19.2. The second-order valence-electron chi connectivity index (χ2n) is 2.51. The lowest BCUT2D eigenvalue weighted by atomic mass is 10.1. The number of hydrogen-bond acceptors (Lipinski definition) is 0. The quantitative estimate of drug-likeness (QED) is 0.562.